The Morgan fingerprint density at radius 3 is 2.44 bits per heavy atom. The van der Waals surface area contributed by atoms with Crippen molar-refractivity contribution in [1.82, 2.24) is 4.90 Å². The first kappa shape index (κ1) is 20.7. The van der Waals surface area contributed by atoms with Crippen molar-refractivity contribution in [3.05, 3.63) is 27.2 Å². The summed E-state index contributed by atoms with van der Waals surface area (Å²) in [6.45, 7) is 3.82. The molecule has 0 radical (unpaired) electrons. The number of carbonyl (C=O) groups excluding carboxylic acids is 2. The van der Waals surface area contributed by atoms with Gasteiger partial charge in [0.1, 0.15) is 0 Å². The molecule has 1 heterocycles. The molecule has 0 N–H and O–H groups in total. The van der Waals surface area contributed by atoms with Gasteiger partial charge in [-0.05, 0) is 45.2 Å². The normalized spacial score (nSPS) is 20.4. The highest BCUT2D eigenvalue weighted by molar-refractivity contribution is 8.00. The molecule has 0 spiro atoms. The van der Waals surface area contributed by atoms with Gasteiger partial charge in [0.2, 0.25) is 0 Å². The molecule has 1 fully saturated rings. The quantitative estimate of drug-likeness (QED) is 0.376. The van der Waals surface area contributed by atoms with E-state index in [-0.39, 0.29) is 35.4 Å². The molecule has 2 unspecified atom stereocenters. The maximum atomic E-state index is 12.3. The van der Waals surface area contributed by atoms with Gasteiger partial charge < -0.3 is 9.64 Å². The molecule has 1 aliphatic rings. The van der Waals surface area contributed by atoms with Crippen molar-refractivity contribution < 1.29 is 14.3 Å². The largest absolute Gasteiger partial charge is 0.455 e. The molecule has 4 nitrogen and oxygen atoms in total. The zero-order chi connectivity index (χ0) is 18.6. The Kier molecular flexibility index (Phi) is 7.74. The number of nitrogens with zero attached hydrogens (tertiary/aromatic N) is 1. The van der Waals surface area contributed by atoms with E-state index in [0.29, 0.717) is 14.9 Å². The topological polar surface area (TPSA) is 46.6 Å². The molecule has 1 aromatic rings. The van der Waals surface area contributed by atoms with Crippen LogP contribution in [0.25, 0.3) is 0 Å². The highest BCUT2D eigenvalue weighted by Crippen LogP contribution is 2.37. The Hall–Kier alpha value is -0.620. The lowest BCUT2D eigenvalue weighted by Gasteiger charge is -2.38. The number of carbonyl (C=O) groups is 2. The van der Waals surface area contributed by atoms with Crippen LogP contribution in [0.1, 0.15) is 33.1 Å². The molecule has 1 aliphatic heterocycles. The lowest BCUT2D eigenvalue weighted by Crippen LogP contribution is -2.49. The molecule has 8 heteroatoms. The van der Waals surface area contributed by atoms with Crippen LogP contribution in [-0.2, 0) is 14.3 Å². The van der Waals surface area contributed by atoms with Crippen molar-refractivity contribution in [3.63, 3.8) is 0 Å². The summed E-state index contributed by atoms with van der Waals surface area (Å²) in [5, 5.41) is 0.915. The molecule has 1 amide bonds. The van der Waals surface area contributed by atoms with Gasteiger partial charge in [0.05, 0.1) is 20.8 Å². The zero-order valence-corrected chi connectivity index (χ0v) is 17.1. The van der Waals surface area contributed by atoms with Crippen LogP contribution in [0.15, 0.2) is 17.0 Å². The SMILES string of the molecule is CC1CCCC(C)N1C(=O)COC(=O)CSc1ccc(Cl)c(Cl)c1Cl. The molecule has 0 bridgehead atoms. The van der Waals surface area contributed by atoms with Gasteiger partial charge in [0, 0.05) is 17.0 Å². The van der Waals surface area contributed by atoms with E-state index in [4.69, 9.17) is 39.5 Å². The molecule has 0 saturated carbocycles. The average molecular weight is 425 g/mol. The molecule has 0 aromatic heterocycles. The fraction of sp³-hybridized carbons (Fsp3) is 0.529. The monoisotopic (exact) mass is 423 g/mol. The summed E-state index contributed by atoms with van der Waals surface area (Å²) in [6.07, 6.45) is 3.08. The summed E-state index contributed by atoms with van der Waals surface area (Å²) in [7, 11) is 0. The smallest absolute Gasteiger partial charge is 0.316 e. The second-order valence-electron chi connectivity index (χ2n) is 6.05. The van der Waals surface area contributed by atoms with E-state index >= 15 is 0 Å². The van der Waals surface area contributed by atoms with Gasteiger partial charge in [-0.2, -0.15) is 0 Å². The number of amides is 1. The number of hydrogen-bond donors (Lipinski definition) is 0. The molecule has 138 valence electrons. The number of benzene rings is 1. The van der Waals surface area contributed by atoms with Crippen LogP contribution in [-0.4, -0.2) is 41.2 Å². The van der Waals surface area contributed by atoms with Crippen LogP contribution in [0.4, 0.5) is 0 Å². The minimum atomic E-state index is -0.474. The zero-order valence-electron chi connectivity index (χ0n) is 14.1. The van der Waals surface area contributed by atoms with Crippen molar-refractivity contribution >= 4 is 58.4 Å². The predicted molar refractivity (Wildman–Crippen MR) is 103 cm³/mol. The van der Waals surface area contributed by atoms with Gasteiger partial charge in [-0.15, -0.1) is 11.8 Å². The predicted octanol–water partition coefficient (Wildman–Crippen LogP) is 5.07. The van der Waals surface area contributed by atoms with E-state index in [1.54, 1.807) is 12.1 Å². The van der Waals surface area contributed by atoms with Crippen LogP contribution >= 0.6 is 46.6 Å². The Morgan fingerprint density at radius 1 is 1.16 bits per heavy atom. The standard InChI is InChI=1S/C17H20Cl3NO3S/c1-10-4-3-5-11(2)21(10)14(22)8-24-15(23)9-25-13-7-6-12(18)16(19)17(13)20/h6-7,10-11H,3-5,8-9H2,1-2H3. The van der Waals surface area contributed by atoms with Crippen molar-refractivity contribution in [3.8, 4) is 0 Å². The Balaban J connectivity index is 1.83. The Labute approximate surface area is 167 Å². The fourth-order valence-electron chi connectivity index (χ4n) is 2.93. The van der Waals surface area contributed by atoms with Crippen molar-refractivity contribution in [2.75, 3.05) is 12.4 Å². The average Bonchev–Trinajstić information content (AvgIpc) is 2.57. The second-order valence-corrected chi connectivity index (χ2v) is 8.23. The van der Waals surface area contributed by atoms with Crippen LogP contribution < -0.4 is 0 Å². The van der Waals surface area contributed by atoms with Crippen LogP contribution in [0.2, 0.25) is 15.1 Å². The van der Waals surface area contributed by atoms with Gasteiger partial charge in [0.15, 0.2) is 6.61 Å². The van der Waals surface area contributed by atoms with E-state index < -0.39 is 5.97 Å². The third kappa shape index (κ3) is 5.43. The summed E-state index contributed by atoms with van der Waals surface area (Å²) in [6, 6.07) is 3.67. The van der Waals surface area contributed by atoms with E-state index in [2.05, 4.69) is 0 Å². The summed E-state index contributed by atoms with van der Waals surface area (Å²) < 4.78 is 5.12. The van der Waals surface area contributed by atoms with E-state index in [9.17, 15) is 9.59 Å². The number of halogens is 3. The van der Waals surface area contributed by atoms with Crippen LogP contribution in [0.5, 0.6) is 0 Å². The number of esters is 1. The maximum absolute atomic E-state index is 12.3. The molecule has 0 aliphatic carbocycles. The molecule has 2 atom stereocenters. The highest BCUT2D eigenvalue weighted by Gasteiger charge is 2.29. The van der Waals surface area contributed by atoms with Crippen LogP contribution in [0.3, 0.4) is 0 Å². The number of thioether (sulfide) groups is 1. The molecule has 1 saturated heterocycles. The minimum absolute atomic E-state index is 0.0378. The maximum Gasteiger partial charge on any atom is 0.316 e. The van der Waals surface area contributed by atoms with Gasteiger partial charge in [-0.1, -0.05) is 34.8 Å². The number of piperidine rings is 1. The fourth-order valence-corrected chi connectivity index (χ4v) is 4.43. The van der Waals surface area contributed by atoms with E-state index in [0.717, 1.165) is 19.3 Å². The van der Waals surface area contributed by atoms with Crippen LogP contribution in [0, 0.1) is 0 Å². The van der Waals surface area contributed by atoms with Crippen molar-refractivity contribution in [1.29, 1.82) is 0 Å². The first-order valence-corrected chi connectivity index (χ1v) is 10.2. The molecular weight excluding hydrogens is 405 g/mol. The Bertz CT molecular complexity index is 646. The summed E-state index contributed by atoms with van der Waals surface area (Å²) in [4.78, 5) is 26.7. The number of likely N-dealkylation sites (tertiary alicyclic amines) is 1. The second kappa shape index (κ2) is 9.36. The molecule has 25 heavy (non-hydrogen) atoms. The first-order chi connectivity index (χ1) is 11.8. The third-order valence-electron chi connectivity index (χ3n) is 4.18. The number of rotatable bonds is 5. The lowest BCUT2D eigenvalue weighted by atomic mass is 9.97. The van der Waals surface area contributed by atoms with Crippen molar-refractivity contribution in [2.45, 2.75) is 50.1 Å². The first-order valence-electron chi connectivity index (χ1n) is 8.04. The van der Waals surface area contributed by atoms with Gasteiger partial charge in [-0.25, -0.2) is 0 Å². The third-order valence-corrected chi connectivity index (χ3v) is 6.62. The highest BCUT2D eigenvalue weighted by atomic mass is 35.5. The van der Waals surface area contributed by atoms with E-state index in [1.807, 2.05) is 18.7 Å². The lowest BCUT2D eigenvalue weighted by molar-refractivity contribution is -0.153. The van der Waals surface area contributed by atoms with E-state index in [1.165, 1.54) is 11.8 Å². The van der Waals surface area contributed by atoms with Crippen molar-refractivity contribution in [2.24, 2.45) is 0 Å². The molecular formula is C17H20Cl3NO3S. The summed E-state index contributed by atoms with van der Waals surface area (Å²) in [5.74, 6) is -0.584. The molecule has 1 aromatic carbocycles. The minimum Gasteiger partial charge on any atom is -0.455 e. The number of ether oxygens (including phenoxy) is 1. The van der Waals surface area contributed by atoms with Gasteiger partial charge >= 0.3 is 5.97 Å². The molecule has 2 rings (SSSR count). The summed E-state index contributed by atoms with van der Waals surface area (Å²) >= 11 is 19.1. The Morgan fingerprint density at radius 2 is 1.80 bits per heavy atom. The van der Waals surface area contributed by atoms with Gasteiger partial charge in [0.25, 0.3) is 5.91 Å². The summed E-state index contributed by atoms with van der Waals surface area (Å²) in [5.41, 5.74) is 0. The number of hydrogen-bond acceptors (Lipinski definition) is 4. The van der Waals surface area contributed by atoms with Gasteiger partial charge in [-0.3, -0.25) is 9.59 Å².